The third-order valence-electron chi connectivity index (χ3n) is 4.53. The zero-order chi connectivity index (χ0) is 21.1. The molecule has 1 aromatic carbocycles. The van der Waals surface area contributed by atoms with E-state index in [-0.39, 0.29) is 18.1 Å². The van der Waals surface area contributed by atoms with Gasteiger partial charge in [-0.3, -0.25) is 9.78 Å². The molecule has 0 atom stereocenters. The molecule has 3 N–H and O–H groups in total. The molecular weight excluding hydrogens is 372 g/mol. The Morgan fingerprint density at radius 1 is 1.38 bits per heavy atom. The van der Waals surface area contributed by atoms with Gasteiger partial charge in [0, 0.05) is 22.9 Å². The van der Waals surface area contributed by atoms with Crippen molar-refractivity contribution in [3.63, 3.8) is 0 Å². The molecule has 1 amide bonds. The van der Waals surface area contributed by atoms with Crippen LogP contribution in [0.1, 0.15) is 34.1 Å². The number of aryl methyl sites for hydroxylation is 1. The van der Waals surface area contributed by atoms with Gasteiger partial charge in [0.05, 0.1) is 54.1 Å². The topological polar surface area (TPSA) is 131 Å². The molecule has 3 aromatic rings. The average molecular weight is 392 g/mol. The van der Waals surface area contributed by atoms with Crippen molar-refractivity contribution in [2.45, 2.75) is 20.5 Å². The van der Waals surface area contributed by atoms with E-state index < -0.39 is 5.91 Å². The van der Waals surface area contributed by atoms with Crippen LogP contribution < -0.4 is 15.2 Å². The van der Waals surface area contributed by atoms with Crippen molar-refractivity contribution in [2.75, 3.05) is 13.7 Å². The predicted molar refractivity (Wildman–Crippen MR) is 107 cm³/mol. The molecule has 0 aliphatic carbocycles. The molecule has 3 rings (SSSR count). The first-order chi connectivity index (χ1) is 14.0. The molecule has 0 fully saturated rings. The second kappa shape index (κ2) is 8.12. The van der Waals surface area contributed by atoms with Crippen LogP contribution in [-0.2, 0) is 6.61 Å². The molecule has 2 aromatic heterocycles. The number of nitrogens with two attached hydrogens (primary N) is 1. The number of hydrogen-bond acceptors (Lipinski definition) is 7. The number of hydrogen-bond donors (Lipinski definition) is 2. The molecule has 0 aliphatic heterocycles. The normalized spacial score (nSPS) is 10.6. The van der Waals surface area contributed by atoms with Crippen molar-refractivity contribution in [3.8, 4) is 28.8 Å². The highest BCUT2D eigenvalue weighted by Crippen LogP contribution is 2.42. The average Bonchev–Trinajstić information content (AvgIpc) is 2.72. The molecule has 148 valence electrons. The van der Waals surface area contributed by atoms with Crippen LogP contribution in [0.15, 0.2) is 24.4 Å². The maximum absolute atomic E-state index is 12.4. The van der Waals surface area contributed by atoms with Crippen molar-refractivity contribution >= 4 is 16.8 Å². The van der Waals surface area contributed by atoms with Crippen molar-refractivity contribution in [1.29, 1.82) is 5.26 Å². The lowest BCUT2D eigenvalue weighted by molar-refractivity contribution is 0.1000. The molecular formula is C21H20N4O4. The minimum absolute atomic E-state index is 0.193. The molecule has 0 radical (unpaired) electrons. The number of primary amides is 1. The molecule has 8 heteroatoms. The van der Waals surface area contributed by atoms with Gasteiger partial charge in [-0.1, -0.05) is 0 Å². The van der Waals surface area contributed by atoms with Crippen molar-refractivity contribution in [3.05, 3.63) is 46.8 Å². The summed E-state index contributed by atoms with van der Waals surface area (Å²) in [6.07, 6.45) is 1.49. The number of amides is 1. The molecule has 8 nitrogen and oxygen atoms in total. The van der Waals surface area contributed by atoms with Gasteiger partial charge in [0.1, 0.15) is 5.75 Å². The Balaban J connectivity index is 2.58. The highest BCUT2D eigenvalue weighted by Gasteiger charge is 2.25. The summed E-state index contributed by atoms with van der Waals surface area (Å²) in [4.78, 5) is 21.2. The molecule has 2 heterocycles. The number of rotatable bonds is 6. The minimum atomic E-state index is -0.671. The van der Waals surface area contributed by atoms with E-state index in [1.165, 1.54) is 13.3 Å². The maximum Gasteiger partial charge on any atom is 0.251 e. The number of nitriles is 1. The van der Waals surface area contributed by atoms with Crippen LogP contribution in [0.5, 0.6) is 11.6 Å². The molecule has 29 heavy (non-hydrogen) atoms. The summed E-state index contributed by atoms with van der Waals surface area (Å²) >= 11 is 0. The smallest absolute Gasteiger partial charge is 0.251 e. The van der Waals surface area contributed by atoms with Crippen LogP contribution in [0.2, 0.25) is 0 Å². The summed E-state index contributed by atoms with van der Waals surface area (Å²) in [5.41, 5.74) is 8.61. The summed E-state index contributed by atoms with van der Waals surface area (Å²) in [7, 11) is 1.47. The van der Waals surface area contributed by atoms with E-state index in [0.717, 1.165) is 0 Å². The number of ether oxygens (including phenoxy) is 2. The van der Waals surface area contributed by atoms with Gasteiger partial charge in [0.25, 0.3) is 5.91 Å². The number of fused-ring (bicyclic) bond motifs is 1. The SMILES string of the molecule is CCOc1ncc(CO)c2nc(C)c(C(N)=O)c(-c3ccc(C#N)cc3OC)c12. The number of carbonyl (C=O) groups excluding carboxylic acids is 1. The fraction of sp³-hybridized carbons (Fsp3) is 0.238. The van der Waals surface area contributed by atoms with Gasteiger partial charge < -0.3 is 20.3 Å². The Morgan fingerprint density at radius 2 is 2.14 bits per heavy atom. The summed E-state index contributed by atoms with van der Waals surface area (Å²) < 4.78 is 11.2. The molecule has 0 aliphatic rings. The summed E-state index contributed by atoms with van der Waals surface area (Å²) in [5, 5.41) is 19.4. The van der Waals surface area contributed by atoms with Crippen LogP contribution in [0, 0.1) is 18.3 Å². The molecule has 0 spiro atoms. The van der Waals surface area contributed by atoms with Gasteiger partial charge in [-0.25, -0.2) is 4.98 Å². The van der Waals surface area contributed by atoms with E-state index in [0.29, 0.717) is 51.2 Å². The number of methoxy groups -OCH3 is 1. The Bertz CT molecular complexity index is 1150. The third kappa shape index (κ3) is 3.44. The van der Waals surface area contributed by atoms with E-state index in [1.807, 2.05) is 6.92 Å². The van der Waals surface area contributed by atoms with Crippen molar-refractivity contribution in [1.82, 2.24) is 9.97 Å². The zero-order valence-corrected chi connectivity index (χ0v) is 16.3. The van der Waals surface area contributed by atoms with E-state index >= 15 is 0 Å². The van der Waals surface area contributed by atoms with Gasteiger partial charge in [-0.15, -0.1) is 0 Å². The van der Waals surface area contributed by atoms with Crippen LogP contribution in [0.3, 0.4) is 0 Å². The first-order valence-electron chi connectivity index (χ1n) is 8.90. The lowest BCUT2D eigenvalue weighted by Gasteiger charge is -2.19. The minimum Gasteiger partial charge on any atom is -0.496 e. The zero-order valence-electron chi connectivity index (χ0n) is 16.3. The van der Waals surface area contributed by atoms with Crippen LogP contribution in [-0.4, -0.2) is 34.7 Å². The molecule has 0 saturated carbocycles. The summed E-state index contributed by atoms with van der Waals surface area (Å²) in [6, 6.07) is 6.94. The van der Waals surface area contributed by atoms with E-state index in [1.54, 1.807) is 25.1 Å². The monoisotopic (exact) mass is 392 g/mol. The first kappa shape index (κ1) is 20.0. The lowest BCUT2D eigenvalue weighted by atomic mass is 9.92. The molecule has 0 unspecified atom stereocenters. The number of nitrogens with zero attached hydrogens (tertiary/aromatic N) is 3. The predicted octanol–water partition coefficient (Wildman–Crippen LogP) is 2.48. The van der Waals surface area contributed by atoms with Crippen LogP contribution in [0.25, 0.3) is 22.0 Å². The van der Waals surface area contributed by atoms with E-state index in [4.69, 9.17) is 15.2 Å². The standard InChI is InChI=1S/C21H20N4O4/c1-4-29-21-18-17(14-6-5-12(8-22)7-15(14)28-3)16(20(23)27)11(2)25-19(18)13(10-26)9-24-21/h5-7,9,26H,4,10H2,1-3H3,(H2,23,27). The van der Waals surface area contributed by atoms with Crippen molar-refractivity contribution < 1.29 is 19.4 Å². The van der Waals surface area contributed by atoms with Crippen LogP contribution >= 0.6 is 0 Å². The fourth-order valence-electron chi connectivity index (χ4n) is 3.31. The van der Waals surface area contributed by atoms with Gasteiger partial charge in [0.2, 0.25) is 5.88 Å². The summed E-state index contributed by atoms with van der Waals surface area (Å²) in [5.74, 6) is -0.0263. The quantitative estimate of drug-likeness (QED) is 0.658. The van der Waals surface area contributed by atoms with Gasteiger partial charge >= 0.3 is 0 Å². The van der Waals surface area contributed by atoms with E-state index in [2.05, 4.69) is 16.0 Å². The lowest BCUT2D eigenvalue weighted by Crippen LogP contribution is -2.16. The van der Waals surface area contributed by atoms with E-state index in [9.17, 15) is 15.2 Å². The van der Waals surface area contributed by atoms with Gasteiger partial charge in [-0.2, -0.15) is 5.26 Å². The van der Waals surface area contributed by atoms with Gasteiger partial charge in [0.15, 0.2) is 0 Å². The first-order valence-corrected chi connectivity index (χ1v) is 8.90. The Labute approximate surface area is 167 Å². The summed E-state index contributed by atoms with van der Waals surface area (Å²) in [6.45, 7) is 3.53. The number of pyridine rings is 2. The largest absolute Gasteiger partial charge is 0.496 e. The highest BCUT2D eigenvalue weighted by molar-refractivity contribution is 6.12. The second-order valence-corrected chi connectivity index (χ2v) is 6.24. The number of aliphatic hydroxyl groups is 1. The number of carbonyl (C=O) groups is 1. The number of benzene rings is 1. The Kier molecular flexibility index (Phi) is 5.61. The third-order valence-corrected chi connectivity index (χ3v) is 4.53. The second-order valence-electron chi connectivity index (χ2n) is 6.24. The molecule has 0 saturated heterocycles. The molecule has 0 bridgehead atoms. The number of aliphatic hydroxyl groups excluding tert-OH is 1. The van der Waals surface area contributed by atoms with Crippen molar-refractivity contribution in [2.24, 2.45) is 5.73 Å². The maximum atomic E-state index is 12.4. The Hall–Kier alpha value is -3.70. The Morgan fingerprint density at radius 3 is 2.72 bits per heavy atom. The van der Waals surface area contributed by atoms with Gasteiger partial charge in [-0.05, 0) is 32.0 Å². The fourth-order valence-corrected chi connectivity index (χ4v) is 3.31. The number of aromatic nitrogens is 2. The van der Waals surface area contributed by atoms with Crippen LogP contribution in [0.4, 0.5) is 0 Å². The highest BCUT2D eigenvalue weighted by atomic mass is 16.5.